The Balaban J connectivity index is 1.98. The van der Waals surface area contributed by atoms with Gasteiger partial charge in [-0.15, -0.1) is 11.8 Å². The third-order valence-electron chi connectivity index (χ3n) is 2.52. The zero-order valence-electron chi connectivity index (χ0n) is 8.93. The quantitative estimate of drug-likeness (QED) is 0.747. The predicted molar refractivity (Wildman–Crippen MR) is 59.7 cm³/mol. The van der Waals surface area contributed by atoms with Crippen LogP contribution in [-0.2, 0) is 0 Å². The second-order valence-corrected chi connectivity index (χ2v) is 4.40. The van der Waals surface area contributed by atoms with E-state index >= 15 is 0 Å². The fraction of sp³-hybridized carbons (Fsp3) is 0.273. The van der Waals surface area contributed by atoms with E-state index in [-0.39, 0.29) is 6.10 Å². The van der Waals surface area contributed by atoms with Gasteiger partial charge in [-0.25, -0.2) is 0 Å². The number of aromatic nitrogens is 2. The summed E-state index contributed by atoms with van der Waals surface area (Å²) in [6.45, 7) is 1.80. The number of ether oxygens (including phenoxy) is 1. The topological polar surface area (TPSA) is 48.2 Å². The van der Waals surface area contributed by atoms with E-state index in [1.54, 1.807) is 18.7 Å². The first-order chi connectivity index (χ1) is 7.79. The molecule has 1 aromatic heterocycles. The molecule has 0 N–H and O–H groups in total. The van der Waals surface area contributed by atoms with Crippen LogP contribution in [0.4, 0.5) is 0 Å². The smallest absolute Gasteiger partial charge is 0.272 e. The van der Waals surface area contributed by atoms with Crippen molar-refractivity contribution in [2.24, 2.45) is 0 Å². The van der Waals surface area contributed by atoms with E-state index in [1.807, 2.05) is 24.5 Å². The summed E-state index contributed by atoms with van der Waals surface area (Å²) in [5.41, 5.74) is 1.12. The number of nitrogens with zero attached hydrogens (tertiary/aromatic N) is 2. The number of hydrogen-bond acceptors (Lipinski definition) is 5. The van der Waals surface area contributed by atoms with Gasteiger partial charge in [0, 0.05) is 10.5 Å². The maximum atomic E-state index is 5.69. The minimum absolute atomic E-state index is 0.191. The average molecular weight is 234 g/mol. The van der Waals surface area contributed by atoms with E-state index in [4.69, 9.17) is 9.26 Å². The van der Waals surface area contributed by atoms with E-state index in [2.05, 4.69) is 10.1 Å². The first-order valence-electron chi connectivity index (χ1n) is 4.93. The van der Waals surface area contributed by atoms with Gasteiger partial charge in [0.1, 0.15) is 5.75 Å². The summed E-state index contributed by atoms with van der Waals surface area (Å²) in [6.07, 6.45) is 1.84. The molecule has 3 rings (SSSR count). The van der Waals surface area contributed by atoms with Crippen LogP contribution in [0, 0.1) is 6.92 Å². The molecule has 82 valence electrons. The first kappa shape index (κ1) is 9.72. The molecule has 16 heavy (non-hydrogen) atoms. The van der Waals surface area contributed by atoms with Crippen molar-refractivity contribution in [3.63, 3.8) is 0 Å². The van der Waals surface area contributed by atoms with E-state index in [1.165, 1.54) is 0 Å². The molecule has 1 unspecified atom stereocenters. The van der Waals surface area contributed by atoms with Gasteiger partial charge in [0.2, 0.25) is 6.10 Å². The minimum atomic E-state index is -0.191. The lowest BCUT2D eigenvalue weighted by molar-refractivity contribution is 0.138. The highest BCUT2D eigenvalue weighted by Crippen LogP contribution is 2.47. The number of aryl methyl sites for hydroxylation is 1. The number of para-hydroxylation sites is 1. The van der Waals surface area contributed by atoms with E-state index in [0.29, 0.717) is 11.7 Å². The summed E-state index contributed by atoms with van der Waals surface area (Å²) in [6, 6.07) is 6.09. The lowest BCUT2D eigenvalue weighted by Gasteiger charge is -2.29. The van der Waals surface area contributed by atoms with Gasteiger partial charge in [0.05, 0.1) is 0 Å². The van der Waals surface area contributed by atoms with Gasteiger partial charge in [-0.2, -0.15) is 4.98 Å². The van der Waals surface area contributed by atoms with Crippen LogP contribution in [0.25, 0.3) is 0 Å². The third kappa shape index (κ3) is 1.31. The van der Waals surface area contributed by atoms with Gasteiger partial charge >= 0.3 is 0 Å². The Hall–Kier alpha value is -1.49. The molecule has 0 saturated heterocycles. The van der Waals surface area contributed by atoms with Crippen LogP contribution in [-0.4, -0.2) is 16.4 Å². The van der Waals surface area contributed by atoms with Crippen LogP contribution in [0.15, 0.2) is 27.6 Å². The molecule has 0 bridgehead atoms. The van der Waals surface area contributed by atoms with Crippen molar-refractivity contribution in [1.29, 1.82) is 0 Å². The highest BCUT2D eigenvalue weighted by Gasteiger charge is 2.35. The fourth-order valence-corrected chi connectivity index (χ4v) is 2.32. The van der Waals surface area contributed by atoms with Crippen LogP contribution in [0.2, 0.25) is 0 Å². The zero-order valence-corrected chi connectivity index (χ0v) is 9.75. The molecule has 1 aliphatic heterocycles. The van der Waals surface area contributed by atoms with Gasteiger partial charge in [0.25, 0.3) is 5.89 Å². The predicted octanol–water partition coefficient (Wildman–Crippen LogP) is 2.58. The van der Waals surface area contributed by atoms with Gasteiger partial charge in [-0.05, 0) is 19.2 Å². The molecule has 0 amide bonds. The van der Waals surface area contributed by atoms with Crippen LogP contribution < -0.4 is 4.74 Å². The van der Waals surface area contributed by atoms with Crippen LogP contribution in [0.3, 0.4) is 0 Å². The molecule has 0 radical (unpaired) electrons. The van der Waals surface area contributed by atoms with Crippen molar-refractivity contribution >= 4 is 11.8 Å². The lowest BCUT2D eigenvalue weighted by atomic mass is 10.0. The summed E-state index contributed by atoms with van der Waals surface area (Å²) in [7, 11) is 0. The van der Waals surface area contributed by atoms with Crippen molar-refractivity contribution in [3.05, 3.63) is 35.5 Å². The molecular weight excluding hydrogens is 224 g/mol. The Morgan fingerprint density at radius 3 is 2.94 bits per heavy atom. The van der Waals surface area contributed by atoms with E-state index in [0.717, 1.165) is 16.2 Å². The summed E-state index contributed by atoms with van der Waals surface area (Å²) in [4.78, 5) is 5.32. The molecule has 5 heteroatoms. The monoisotopic (exact) mass is 234 g/mol. The molecule has 1 atom stereocenters. The summed E-state index contributed by atoms with van der Waals surface area (Å²) in [5, 5.41) is 3.76. The maximum Gasteiger partial charge on any atom is 0.272 e. The second-order valence-electron chi connectivity index (χ2n) is 3.56. The molecule has 2 heterocycles. The normalized spacial score (nSPS) is 17.5. The Morgan fingerprint density at radius 1 is 1.38 bits per heavy atom. The second kappa shape index (κ2) is 3.52. The van der Waals surface area contributed by atoms with Crippen LogP contribution >= 0.6 is 11.8 Å². The van der Waals surface area contributed by atoms with Crippen molar-refractivity contribution in [2.45, 2.75) is 17.9 Å². The largest absolute Gasteiger partial charge is 0.474 e. The highest BCUT2D eigenvalue weighted by atomic mass is 32.2. The van der Waals surface area contributed by atoms with E-state index < -0.39 is 0 Å². The standard InChI is InChI=1S/C11H10N2O2S/c1-6-12-11(15-13-6)10-7-4-3-5-8(16-2)9(7)14-10/h3-5,10H,1-2H3. The van der Waals surface area contributed by atoms with Crippen molar-refractivity contribution in [3.8, 4) is 5.75 Å². The zero-order chi connectivity index (χ0) is 11.1. The van der Waals surface area contributed by atoms with Crippen LogP contribution in [0.5, 0.6) is 5.75 Å². The number of hydrogen-bond donors (Lipinski definition) is 0. The number of rotatable bonds is 2. The Morgan fingerprint density at radius 2 is 2.25 bits per heavy atom. The van der Waals surface area contributed by atoms with Gasteiger partial charge in [-0.1, -0.05) is 17.3 Å². The summed E-state index contributed by atoms with van der Waals surface area (Å²) in [5.74, 6) is 2.10. The summed E-state index contributed by atoms with van der Waals surface area (Å²) < 4.78 is 10.8. The number of fused-ring (bicyclic) bond motifs is 1. The Labute approximate surface area is 97.0 Å². The van der Waals surface area contributed by atoms with Crippen molar-refractivity contribution in [1.82, 2.24) is 10.1 Å². The van der Waals surface area contributed by atoms with Gasteiger partial charge in [-0.3, -0.25) is 0 Å². The molecule has 0 aliphatic carbocycles. The highest BCUT2D eigenvalue weighted by molar-refractivity contribution is 7.98. The van der Waals surface area contributed by atoms with Crippen molar-refractivity contribution in [2.75, 3.05) is 6.26 Å². The first-order valence-corrected chi connectivity index (χ1v) is 6.16. The molecule has 1 aliphatic rings. The molecular formula is C11H10N2O2S. The molecule has 1 aromatic carbocycles. The van der Waals surface area contributed by atoms with Crippen LogP contribution in [0.1, 0.15) is 23.4 Å². The maximum absolute atomic E-state index is 5.69. The third-order valence-corrected chi connectivity index (χ3v) is 3.28. The molecule has 4 nitrogen and oxygen atoms in total. The number of thioether (sulfide) groups is 1. The van der Waals surface area contributed by atoms with E-state index in [9.17, 15) is 0 Å². The SMILES string of the molecule is CSc1cccc2c1OC2c1nc(C)no1. The minimum Gasteiger partial charge on any atom is -0.474 e. The Bertz CT molecular complexity index is 539. The Kier molecular flexibility index (Phi) is 2.14. The average Bonchev–Trinajstić information content (AvgIpc) is 2.66. The lowest BCUT2D eigenvalue weighted by Crippen LogP contribution is -2.21. The van der Waals surface area contributed by atoms with Gasteiger partial charge < -0.3 is 9.26 Å². The molecule has 0 spiro atoms. The summed E-state index contributed by atoms with van der Waals surface area (Å²) >= 11 is 1.67. The molecule has 2 aromatic rings. The molecule has 0 fully saturated rings. The number of benzene rings is 1. The van der Waals surface area contributed by atoms with Crippen molar-refractivity contribution < 1.29 is 9.26 Å². The fourth-order valence-electron chi connectivity index (χ4n) is 1.75. The molecule has 0 saturated carbocycles. The van der Waals surface area contributed by atoms with Gasteiger partial charge in [0.15, 0.2) is 5.82 Å².